The van der Waals surface area contributed by atoms with Crippen LogP contribution >= 0.6 is 0 Å². The molecule has 1 aromatic carbocycles. The zero-order valence-electron chi connectivity index (χ0n) is 10.1. The van der Waals surface area contributed by atoms with E-state index in [1.165, 1.54) is 0 Å². The monoisotopic (exact) mass is 222 g/mol. The van der Waals surface area contributed by atoms with Gasteiger partial charge in [-0.25, -0.2) is 0 Å². The summed E-state index contributed by atoms with van der Waals surface area (Å²) in [5.74, 6) is 0. The summed E-state index contributed by atoms with van der Waals surface area (Å²) in [7, 11) is 0. The summed E-state index contributed by atoms with van der Waals surface area (Å²) >= 11 is 0. The van der Waals surface area contributed by atoms with E-state index < -0.39 is 0 Å². The first-order valence-corrected chi connectivity index (χ1v) is 5.66. The molecule has 0 N–H and O–H groups in total. The Hall–Kier alpha value is -1.58. The summed E-state index contributed by atoms with van der Waals surface area (Å²) in [5.41, 5.74) is 2.32. The van der Waals surface area contributed by atoms with Gasteiger partial charge in [0.15, 0.2) is 0 Å². The van der Waals surface area contributed by atoms with Gasteiger partial charge in [-0.2, -0.15) is 0 Å². The van der Waals surface area contributed by atoms with Crippen LogP contribution in [0.25, 0.3) is 0 Å². The molecule has 0 saturated carbocycles. The first-order chi connectivity index (χ1) is 7.63. The Labute approximate surface area is 96.0 Å². The van der Waals surface area contributed by atoms with Crippen molar-refractivity contribution < 1.29 is 4.92 Å². The van der Waals surface area contributed by atoms with Gasteiger partial charge in [-0.3, -0.25) is 10.1 Å². The number of nitro groups is 1. The van der Waals surface area contributed by atoms with Crippen molar-refractivity contribution in [3.05, 3.63) is 33.9 Å². The van der Waals surface area contributed by atoms with Gasteiger partial charge in [0.2, 0.25) is 0 Å². The first-order valence-electron chi connectivity index (χ1n) is 5.66. The summed E-state index contributed by atoms with van der Waals surface area (Å²) in [6.07, 6.45) is 0.813. The van der Waals surface area contributed by atoms with Crippen molar-refractivity contribution >= 4 is 11.4 Å². The van der Waals surface area contributed by atoms with E-state index in [1.807, 2.05) is 13.0 Å². The lowest BCUT2D eigenvalue weighted by atomic mass is 10.1. The van der Waals surface area contributed by atoms with Crippen molar-refractivity contribution in [2.24, 2.45) is 0 Å². The fraction of sp³-hybridized carbons (Fsp3) is 0.500. The molecule has 4 nitrogen and oxygen atoms in total. The first kappa shape index (κ1) is 12.5. The van der Waals surface area contributed by atoms with Crippen molar-refractivity contribution in [1.82, 2.24) is 0 Å². The third kappa shape index (κ3) is 2.51. The van der Waals surface area contributed by atoms with E-state index in [2.05, 4.69) is 18.7 Å². The fourth-order valence-electron chi connectivity index (χ4n) is 1.84. The van der Waals surface area contributed by atoms with E-state index in [1.54, 1.807) is 12.1 Å². The smallest absolute Gasteiger partial charge is 0.269 e. The number of hydrogen-bond acceptors (Lipinski definition) is 3. The number of hydrogen-bond donors (Lipinski definition) is 0. The van der Waals surface area contributed by atoms with Crippen molar-refractivity contribution in [2.75, 3.05) is 18.0 Å². The SMILES string of the molecule is CCc1cc([N+](=O)[O-])ccc1N(CC)CC. The molecule has 0 heterocycles. The average molecular weight is 222 g/mol. The summed E-state index contributed by atoms with van der Waals surface area (Å²) in [6, 6.07) is 5.10. The molecule has 0 fully saturated rings. The fourth-order valence-corrected chi connectivity index (χ4v) is 1.84. The third-order valence-electron chi connectivity index (χ3n) is 2.76. The Morgan fingerprint density at radius 1 is 1.25 bits per heavy atom. The minimum absolute atomic E-state index is 0.174. The topological polar surface area (TPSA) is 46.4 Å². The number of non-ortho nitro benzene ring substituents is 1. The van der Waals surface area contributed by atoms with Gasteiger partial charge in [0.25, 0.3) is 5.69 Å². The molecule has 0 radical (unpaired) electrons. The average Bonchev–Trinajstić information content (AvgIpc) is 2.30. The van der Waals surface area contributed by atoms with Crippen LogP contribution in [0.5, 0.6) is 0 Å². The Morgan fingerprint density at radius 2 is 1.88 bits per heavy atom. The Morgan fingerprint density at radius 3 is 2.31 bits per heavy atom. The van der Waals surface area contributed by atoms with Crippen LogP contribution in [-0.2, 0) is 6.42 Å². The second kappa shape index (κ2) is 5.49. The second-order valence-electron chi connectivity index (χ2n) is 3.60. The number of aryl methyl sites for hydroxylation is 1. The highest BCUT2D eigenvalue weighted by Crippen LogP contribution is 2.25. The molecule has 0 bridgehead atoms. The van der Waals surface area contributed by atoms with Crippen LogP contribution in [0.3, 0.4) is 0 Å². The van der Waals surface area contributed by atoms with Crippen LogP contribution < -0.4 is 4.90 Å². The predicted octanol–water partition coefficient (Wildman–Crippen LogP) is 3.00. The molecule has 16 heavy (non-hydrogen) atoms. The van der Waals surface area contributed by atoms with E-state index in [0.717, 1.165) is 30.8 Å². The molecule has 0 amide bonds. The van der Waals surface area contributed by atoms with Crippen LogP contribution in [0.4, 0.5) is 11.4 Å². The van der Waals surface area contributed by atoms with Gasteiger partial charge in [-0.1, -0.05) is 6.92 Å². The maximum absolute atomic E-state index is 10.7. The third-order valence-corrected chi connectivity index (χ3v) is 2.76. The molecule has 0 aliphatic rings. The van der Waals surface area contributed by atoms with Crippen LogP contribution in [-0.4, -0.2) is 18.0 Å². The number of nitrogens with zero attached hydrogens (tertiary/aromatic N) is 2. The number of rotatable bonds is 5. The maximum Gasteiger partial charge on any atom is 0.269 e. The second-order valence-corrected chi connectivity index (χ2v) is 3.60. The number of anilines is 1. The van der Waals surface area contributed by atoms with Gasteiger partial charge in [0, 0.05) is 30.9 Å². The Bertz CT molecular complexity index is 373. The highest BCUT2D eigenvalue weighted by Gasteiger charge is 2.12. The highest BCUT2D eigenvalue weighted by atomic mass is 16.6. The quantitative estimate of drug-likeness (QED) is 0.568. The van der Waals surface area contributed by atoms with Crippen molar-refractivity contribution in [1.29, 1.82) is 0 Å². The predicted molar refractivity (Wildman–Crippen MR) is 66.0 cm³/mol. The lowest BCUT2D eigenvalue weighted by molar-refractivity contribution is -0.384. The standard InChI is InChI=1S/C12H18N2O2/c1-4-10-9-11(14(15)16)7-8-12(10)13(5-2)6-3/h7-9H,4-6H2,1-3H3. The highest BCUT2D eigenvalue weighted by molar-refractivity contribution is 5.57. The molecule has 4 heteroatoms. The molecule has 88 valence electrons. The minimum atomic E-state index is -0.342. The molecule has 1 rings (SSSR count). The lowest BCUT2D eigenvalue weighted by Crippen LogP contribution is -2.23. The van der Waals surface area contributed by atoms with Crippen molar-refractivity contribution in [2.45, 2.75) is 27.2 Å². The van der Waals surface area contributed by atoms with Crippen molar-refractivity contribution in [3.63, 3.8) is 0 Å². The van der Waals surface area contributed by atoms with Gasteiger partial charge < -0.3 is 4.90 Å². The normalized spacial score (nSPS) is 10.2. The molecule has 0 aromatic heterocycles. The van der Waals surface area contributed by atoms with E-state index in [9.17, 15) is 10.1 Å². The molecule has 0 atom stereocenters. The molecule has 0 aliphatic heterocycles. The summed E-state index contributed by atoms with van der Waals surface area (Å²) < 4.78 is 0. The molecule has 1 aromatic rings. The van der Waals surface area contributed by atoms with Crippen LogP contribution in [0.2, 0.25) is 0 Å². The molecular formula is C12H18N2O2. The Kier molecular flexibility index (Phi) is 4.28. The van der Waals surface area contributed by atoms with Crippen LogP contribution in [0, 0.1) is 10.1 Å². The van der Waals surface area contributed by atoms with Gasteiger partial charge in [0.1, 0.15) is 0 Å². The molecule has 0 aliphatic carbocycles. The van der Waals surface area contributed by atoms with E-state index >= 15 is 0 Å². The van der Waals surface area contributed by atoms with Crippen LogP contribution in [0.1, 0.15) is 26.3 Å². The van der Waals surface area contributed by atoms with E-state index in [-0.39, 0.29) is 10.6 Å². The Balaban J connectivity index is 3.15. The summed E-state index contributed by atoms with van der Waals surface area (Å²) in [5, 5.41) is 10.7. The molecule has 0 unspecified atom stereocenters. The van der Waals surface area contributed by atoms with E-state index in [0.29, 0.717) is 0 Å². The van der Waals surface area contributed by atoms with Crippen molar-refractivity contribution in [3.8, 4) is 0 Å². The summed E-state index contributed by atoms with van der Waals surface area (Å²) in [4.78, 5) is 12.6. The van der Waals surface area contributed by atoms with Gasteiger partial charge >= 0.3 is 0 Å². The lowest BCUT2D eigenvalue weighted by Gasteiger charge is -2.23. The molecule has 0 spiro atoms. The van der Waals surface area contributed by atoms with E-state index in [4.69, 9.17) is 0 Å². The number of benzene rings is 1. The molecule has 0 saturated heterocycles. The number of nitro benzene ring substituents is 1. The largest absolute Gasteiger partial charge is 0.372 e. The van der Waals surface area contributed by atoms with Gasteiger partial charge in [-0.15, -0.1) is 0 Å². The maximum atomic E-state index is 10.7. The zero-order chi connectivity index (χ0) is 12.1. The van der Waals surface area contributed by atoms with Gasteiger partial charge in [0.05, 0.1) is 4.92 Å². The van der Waals surface area contributed by atoms with Gasteiger partial charge in [-0.05, 0) is 31.9 Å². The zero-order valence-corrected chi connectivity index (χ0v) is 10.1. The molecular weight excluding hydrogens is 204 g/mol. The van der Waals surface area contributed by atoms with Crippen LogP contribution in [0.15, 0.2) is 18.2 Å². The summed E-state index contributed by atoms with van der Waals surface area (Å²) in [6.45, 7) is 8.03. The minimum Gasteiger partial charge on any atom is -0.372 e.